The smallest absolute Gasteiger partial charge is 0.255 e. The standard InChI is InChI=1S/C7H7FOSi/c8-7(9)5-2-1-3-6(10)4-5/h1-4H,10H3. The Labute approximate surface area is 61.3 Å². The van der Waals surface area contributed by atoms with Gasteiger partial charge in [0.05, 0.1) is 5.56 Å². The van der Waals surface area contributed by atoms with Gasteiger partial charge in [-0.1, -0.05) is 23.4 Å². The van der Waals surface area contributed by atoms with Gasteiger partial charge in [-0.2, -0.15) is 4.39 Å². The van der Waals surface area contributed by atoms with E-state index in [1.807, 2.05) is 6.07 Å². The zero-order valence-electron chi connectivity index (χ0n) is 5.60. The summed E-state index contributed by atoms with van der Waals surface area (Å²) in [7, 11) is 0.849. The summed E-state index contributed by atoms with van der Waals surface area (Å²) in [5, 5.41) is 1.03. The molecule has 0 aliphatic heterocycles. The van der Waals surface area contributed by atoms with E-state index in [-0.39, 0.29) is 5.56 Å². The van der Waals surface area contributed by atoms with E-state index < -0.39 is 6.04 Å². The maximum Gasteiger partial charge on any atom is 0.332 e. The van der Waals surface area contributed by atoms with Crippen LogP contribution in [0.1, 0.15) is 10.4 Å². The molecule has 0 N–H and O–H groups in total. The van der Waals surface area contributed by atoms with E-state index in [0.717, 1.165) is 15.4 Å². The summed E-state index contributed by atoms with van der Waals surface area (Å²) in [5.74, 6) is 0. The lowest BCUT2D eigenvalue weighted by Crippen LogP contribution is -2.03. The number of carbonyl (C=O) groups is 1. The normalized spacial score (nSPS) is 9.70. The molecule has 1 nitrogen and oxygen atoms in total. The zero-order chi connectivity index (χ0) is 7.56. The Morgan fingerprint density at radius 1 is 1.50 bits per heavy atom. The molecule has 0 atom stereocenters. The number of halogens is 1. The number of carbonyl (C=O) groups excluding carboxylic acids is 1. The van der Waals surface area contributed by atoms with Gasteiger partial charge in [-0.05, 0) is 6.07 Å². The molecule has 0 spiro atoms. The maximum absolute atomic E-state index is 12.0. The third-order valence-electron chi connectivity index (χ3n) is 1.25. The van der Waals surface area contributed by atoms with Crippen molar-refractivity contribution < 1.29 is 9.18 Å². The van der Waals surface area contributed by atoms with Crippen LogP contribution >= 0.6 is 0 Å². The average molecular weight is 154 g/mol. The zero-order valence-corrected chi connectivity index (χ0v) is 7.60. The minimum absolute atomic E-state index is 0.160. The molecular formula is C7H7FOSi. The van der Waals surface area contributed by atoms with E-state index in [2.05, 4.69) is 0 Å². The molecule has 0 aromatic heterocycles. The molecule has 0 saturated carbocycles. The molecule has 52 valence electrons. The minimum atomic E-state index is -1.35. The Bertz CT molecular complexity index is 260. The monoisotopic (exact) mass is 154 g/mol. The van der Waals surface area contributed by atoms with Gasteiger partial charge in [0.2, 0.25) is 0 Å². The second-order valence-electron chi connectivity index (χ2n) is 2.14. The van der Waals surface area contributed by atoms with E-state index in [9.17, 15) is 9.18 Å². The maximum atomic E-state index is 12.0. The highest BCUT2D eigenvalue weighted by Crippen LogP contribution is 1.97. The van der Waals surface area contributed by atoms with Crippen LogP contribution in [0.4, 0.5) is 4.39 Å². The minimum Gasteiger partial charge on any atom is -0.255 e. The van der Waals surface area contributed by atoms with Crippen molar-refractivity contribution in [2.45, 2.75) is 0 Å². The Morgan fingerprint density at radius 3 is 2.60 bits per heavy atom. The Morgan fingerprint density at radius 2 is 2.20 bits per heavy atom. The van der Waals surface area contributed by atoms with Crippen molar-refractivity contribution in [3.8, 4) is 0 Å². The predicted octanol–water partition coefficient (Wildman–Crippen LogP) is -0.213. The van der Waals surface area contributed by atoms with Crippen LogP contribution in [0.15, 0.2) is 24.3 Å². The summed E-state index contributed by atoms with van der Waals surface area (Å²) < 4.78 is 12.0. The Kier molecular flexibility index (Phi) is 1.96. The van der Waals surface area contributed by atoms with Gasteiger partial charge in [0.25, 0.3) is 0 Å². The summed E-state index contributed by atoms with van der Waals surface area (Å²) >= 11 is 0. The number of hydrogen-bond donors (Lipinski definition) is 0. The summed E-state index contributed by atoms with van der Waals surface area (Å²) in [6, 6.07) is 5.27. The lowest BCUT2D eigenvalue weighted by molar-refractivity contribution is 0.0836. The number of hydrogen-bond acceptors (Lipinski definition) is 1. The lowest BCUT2D eigenvalue weighted by atomic mass is 10.2. The quantitative estimate of drug-likeness (QED) is 0.404. The molecule has 1 rings (SSSR count). The predicted molar refractivity (Wildman–Crippen MR) is 41.5 cm³/mol. The largest absolute Gasteiger partial charge is 0.332 e. The summed E-state index contributed by atoms with van der Waals surface area (Å²) in [5.41, 5.74) is 0.160. The van der Waals surface area contributed by atoms with E-state index in [1.165, 1.54) is 6.07 Å². The second kappa shape index (κ2) is 2.75. The highest BCUT2D eigenvalue weighted by molar-refractivity contribution is 6.32. The molecule has 0 aliphatic rings. The van der Waals surface area contributed by atoms with Crippen LogP contribution in [0.3, 0.4) is 0 Å². The van der Waals surface area contributed by atoms with E-state index in [1.54, 1.807) is 12.1 Å². The van der Waals surface area contributed by atoms with Crippen LogP contribution < -0.4 is 5.19 Å². The fraction of sp³-hybridized carbons (Fsp3) is 0. The highest BCUT2D eigenvalue weighted by atomic mass is 28.1. The van der Waals surface area contributed by atoms with Gasteiger partial charge in [0.1, 0.15) is 0 Å². The van der Waals surface area contributed by atoms with Crippen molar-refractivity contribution in [2.75, 3.05) is 0 Å². The Hall–Kier alpha value is -0.963. The molecule has 1 aromatic rings. The van der Waals surface area contributed by atoms with Gasteiger partial charge in [0.15, 0.2) is 0 Å². The number of rotatable bonds is 1. The van der Waals surface area contributed by atoms with Crippen molar-refractivity contribution in [3.63, 3.8) is 0 Å². The van der Waals surface area contributed by atoms with Crippen LogP contribution in [0.5, 0.6) is 0 Å². The average Bonchev–Trinajstić information content (AvgIpc) is 1.88. The van der Waals surface area contributed by atoms with Gasteiger partial charge in [-0.25, -0.2) is 0 Å². The first kappa shape index (κ1) is 7.15. The van der Waals surface area contributed by atoms with Gasteiger partial charge in [0, 0.05) is 10.2 Å². The van der Waals surface area contributed by atoms with Crippen molar-refractivity contribution >= 4 is 21.5 Å². The van der Waals surface area contributed by atoms with Crippen molar-refractivity contribution in [3.05, 3.63) is 29.8 Å². The van der Waals surface area contributed by atoms with E-state index >= 15 is 0 Å². The Balaban J connectivity index is 3.07. The fourth-order valence-electron chi connectivity index (χ4n) is 0.767. The second-order valence-corrected chi connectivity index (χ2v) is 3.30. The molecule has 0 heterocycles. The molecule has 1 aromatic carbocycles. The lowest BCUT2D eigenvalue weighted by Gasteiger charge is -1.92. The molecular weight excluding hydrogens is 147 g/mol. The van der Waals surface area contributed by atoms with Gasteiger partial charge in [-0.15, -0.1) is 0 Å². The molecule has 0 fully saturated rings. The van der Waals surface area contributed by atoms with Crippen LogP contribution in [-0.2, 0) is 0 Å². The molecule has 0 amide bonds. The molecule has 0 saturated heterocycles. The summed E-state index contributed by atoms with van der Waals surface area (Å²) in [6.07, 6.45) is 0. The SMILES string of the molecule is O=C(F)c1cccc([SiH3])c1. The topological polar surface area (TPSA) is 17.1 Å². The fourth-order valence-corrected chi connectivity index (χ4v) is 1.27. The molecule has 0 unspecified atom stereocenters. The van der Waals surface area contributed by atoms with E-state index in [4.69, 9.17) is 0 Å². The van der Waals surface area contributed by atoms with Crippen LogP contribution in [0.25, 0.3) is 0 Å². The van der Waals surface area contributed by atoms with E-state index in [0.29, 0.717) is 0 Å². The summed E-state index contributed by atoms with van der Waals surface area (Å²) in [6.45, 7) is 0. The third kappa shape index (κ3) is 1.51. The first-order valence-corrected chi connectivity index (χ1v) is 3.96. The summed E-state index contributed by atoms with van der Waals surface area (Å²) in [4.78, 5) is 10.1. The van der Waals surface area contributed by atoms with Crippen molar-refractivity contribution in [1.29, 1.82) is 0 Å². The molecule has 0 aliphatic carbocycles. The molecule has 0 radical (unpaired) electrons. The van der Waals surface area contributed by atoms with Crippen LogP contribution in [0.2, 0.25) is 0 Å². The van der Waals surface area contributed by atoms with Crippen molar-refractivity contribution in [2.24, 2.45) is 0 Å². The van der Waals surface area contributed by atoms with Gasteiger partial charge in [-0.3, -0.25) is 4.79 Å². The molecule has 3 heteroatoms. The molecule has 0 bridgehead atoms. The first-order valence-electron chi connectivity index (χ1n) is 2.96. The highest BCUT2D eigenvalue weighted by Gasteiger charge is 2.00. The van der Waals surface area contributed by atoms with Gasteiger partial charge < -0.3 is 0 Å². The van der Waals surface area contributed by atoms with Gasteiger partial charge >= 0.3 is 6.04 Å². The molecule has 10 heavy (non-hydrogen) atoms. The van der Waals surface area contributed by atoms with Crippen molar-refractivity contribution in [1.82, 2.24) is 0 Å². The third-order valence-corrected chi connectivity index (χ3v) is 1.87. The first-order chi connectivity index (χ1) is 4.70. The number of benzene rings is 1. The van der Waals surface area contributed by atoms with Crippen LogP contribution in [-0.4, -0.2) is 16.3 Å². The van der Waals surface area contributed by atoms with Crippen LogP contribution in [0, 0.1) is 0 Å².